The van der Waals surface area contributed by atoms with Crippen LogP contribution in [0.3, 0.4) is 0 Å². The number of hydrogen-bond donors (Lipinski definition) is 1. The first-order valence-electron chi connectivity index (χ1n) is 6.79. The van der Waals surface area contributed by atoms with Crippen LogP contribution in [0.2, 0.25) is 0 Å². The van der Waals surface area contributed by atoms with Crippen LogP contribution in [-0.2, 0) is 6.54 Å². The van der Waals surface area contributed by atoms with Gasteiger partial charge in [-0.05, 0) is 23.3 Å². The number of nitrogens with zero attached hydrogens (tertiary/aromatic N) is 2. The Morgan fingerprint density at radius 1 is 1.10 bits per heavy atom. The van der Waals surface area contributed by atoms with Crippen molar-refractivity contribution in [1.82, 2.24) is 9.55 Å². The second-order valence-corrected chi connectivity index (χ2v) is 4.96. The summed E-state index contributed by atoms with van der Waals surface area (Å²) in [5.41, 5.74) is 9.13. The highest BCUT2D eigenvalue weighted by molar-refractivity contribution is 5.27. The number of rotatable bonds is 4. The number of imidazole rings is 1. The number of halogens is 1. The van der Waals surface area contributed by atoms with Gasteiger partial charge in [0.2, 0.25) is 0 Å². The van der Waals surface area contributed by atoms with Crippen LogP contribution < -0.4 is 5.73 Å². The molecule has 21 heavy (non-hydrogen) atoms. The minimum atomic E-state index is -0.248. The molecular weight excluding hydrogens is 265 g/mol. The molecule has 4 heteroatoms. The maximum atomic E-state index is 13.3. The van der Waals surface area contributed by atoms with E-state index in [1.165, 1.54) is 12.1 Å². The van der Waals surface area contributed by atoms with Gasteiger partial charge in [0, 0.05) is 6.54 Å². The molecule has 0 saturated heterocycles. The van der Waals surface area contributed by atoms with Gasteiger partial charge in [-0.3, -0.25) is 0 Å². The molecule has 0 saturated carbocycles. The van der Waals surface area contributed by atoms with Crippen molar-refractivity contribution in [3.63, 3.8) is 0 Å². The molecule has 1 aromatic heterocycles. The molecule has 0 aliphatic heterocycles. The Morgan fingerprint density at radius 3 is 2.67 bits per heavy atom. The maximum Gasteiger partial charge on any atom is 0.123 e. The van der Waals surface area contributed by atoms with Gasteiger partial charge in [0.15, 0.2) is 0 Å². The summed E-state index contributed by atoms with van der Waals surface area (Å²) in [5.74, 6) is -0.235. The van der Waals surface area contributed by atoms with Gasteiger partial charge in [-0.15, -0.1) is 0 Å². The van der Waals surface area contributed by atoms with Gasteiger partial charge in [0.25, 0.3) is 0 Å². The summed E-state index contributed by atoms with van der Waals surface area (Å²) in [5, 5.41) is 0. The molecule has 2 N–H and O–H groups in total. The molecule has 3 rings (SSSR count). The average molecular weight is 281 g/mol. The zero-order chi connectivity index (χ0) is 14.7. The molecule has 0 amide bonds. The predicted octanol–water partition coefficient (Wildman–Crippen LogP) is 3.12. The van der Waals surface area contributed by atoms with E-state index in [9.17, 15) is 4.39 Å². The third kappa shape index (κ3) is 3.01. The van der Waals surface area contributed by atoms with Gasteiger partial charge in [0.05, 0.1) is 24.3 Å². The Balaban J connectivity index is 1.87. The van der Waals surface area contributed by atoms with Crippen LogP contribution >= 0.6 is 0 Å². The minimum Gasteiger partial charge on any atom is -0.328 e. The van der Waals surface area contributed by atoms with Crippen LogP contribution in [0.25, 0.3) is 0 Å². The smallest absolute Gasteiger partial charge is 0.123 e. The Morgan fingerprint density at radius 2 is 1.90 bits per heavy atom. The van der Waals surface area contributed by atoms with Crippen molar-refractivity contribution in [3.8, 4) is 0 Å². The second-order valence-electron chi connectivity index (χ2n) is 4.96. The molecule has 1 unspecified atom stereocenters. The first-order chi connectivity index (χ1) is 10.2. The Hall–Kier alpha value is -2.46. The zero-order valence-corrected chi connectivity index (χ0v) is 11.5. The number of benzene rings is 2. The lowest BCUT2D eigenvalue weighted by Gasteiger charge is -2.15. The van der Waals surface area contributed by atoms with E-state index in [1.54, 1.807) is 18.6 Å². The summed E-state index contributed by atoms with van der Waals surface area (Å²) in [6.45, 7) is 0.549. The average Bonchev–Trinajstić information content (AvgIpc) is 2.95. The van der Waals surface area contributed by atoms with Gasteiger partial charge >= 0.3 is 0 Å². The largest absolute Gasteiger partial charge is 0.328 e. The molecule has 0 fully saturated rings. The van der Waals surface area contributed by atoms with Crippen LogP contribution in [0, 0.1) is 5.82 Å². The summed E-state index contributed by atoms with van der Waals surface area (Å²) < 4.78 is 15.2. The van der Waals surface area contributed by atoms with Crippen molar-refractivity contribution in [2.75, 3.05) is 0 Å². The van der Waals surface area contributed by atoms with E-state index in [4.69, 9.17) is 5.73 Å². The fraction of sp³-hybridized carbons (Fsp3) is 0.118. The van der Waals surface area contributed by atoms with E-state index in [0.29, 0.717) is 6.54 Å². The van der Waals surface area contributed by atoms with Gasteiger partial charge < -0.3 is 10.3 Å². The van der Waals surface area contributed by atoms with E-state index < -0.39 is 0 Å². The minimum absolute atomic E-state index is 0.235. The molecule has 1 heterocycles. The Labute approximate surface area is 122 Å². The molecule has 106 valence electrons. The van der Waals surface area contributed by atoms with Gasteiger partial charge in [-0.2, -0.15) is 0 Å². The molecule has 0 radical (unpaired) electrons. The lowest BCUT2D eigenvalue weighted by Crippen LogP contribution is -2.16. The van der Waals surface area contributed by atoms with Crippen molar-refractivity contribution in [2.45, 2.75) is 12.6 Å². The highest BCUT2D eigenvalue weighted by Crippen LogP contribution is 2.20. The first-order valence-corrected chi connectivity index (χ1v) is 6.79. The SMILES string of the molecule is NC(c1ccccc1)c1cncn1Cc1cccc(F)c1. The van der Waals surface area contributed by atoms with E-state index in [0.717, 1.165) is 16.8 Å². The third-order valence-electron chi connectivity index (χ3n) is 3.46. The Kier molecular flexibility index (Phi) is 3.79. The molecule has 0 aliphatic rings. The van der Waals surface area contributed by atoms with E-state index >= 15 is 0 Å². The fourth-order valence-corrected chi connectivity index (χ4v) is 2.39. The van der Waals surface area contributed by atoms with Crippen molar-refractivity contribution in [1.29, 1.82) is 0 Å². The van der Waals surface area contributed by atoms with Gasteiger partial charge in [0.1, 0.15) is 5.82 Å². The summed E-state index contributed by atoms with van der Waals surface area (Å²) >= 11 is 0. The molecule has 2 aromatic carbocycles. The lowest BCUT2D eigenvalue weighted by molar-refractivity contribution is 0.621. The third-order valence-corrected chi connectivity index (χ3v) is 3.46. The summed E-state index contributed by atoms with van der Waals surface area (Å²) in [4.78, 5) is 4.18. The number of nitrogens with two attached hydrogens (primary N) is 1. The molecule has 3 nitrogen and oxygen atoms in total. The Bertz CT molecular complexity index is 722. The molecule has 3 aromatic rings. The zero-order valence-electron chi connectivity index (χ0n) is 11.5. The van der Waals surface area contributed by atoms with Gasteiger partial charge in [-0.1, -0.05) is 42.5 Å². The first kappa shape index (κ1) is 13.5. The van der Waals surface area contributed by atoms with Crippen molar-refractivity contribution in [3.05, 3.63) is 89.8 Å². The summed E-state index contributed by atoms with van der Waals surface area (Å²) in [6, 6.07) is 16.2. The number of hydrogen-bond acceptors (Lipinski definition) is 2. The van der Waals surface area contributed by atoms with E-state index in [2.05, 4.69) is 4.98 Å². The lowest BCUT2D eigenvalue weighted by atomic mass is 10.1. The molecule has 0 aliphatic carbocycles. The van der Waals surface area contributed by atoms with Gasteiger partial charge in [-0.25, -0.2) is 9.37 Å². The number of aromatic nitrogens is 2. The van der Waals surface area contributed by atoms with Crippen molar-refractivity contribution >= 4 is 0 Å². The highest BCUT2D eigenvalue weighted by atomic mass is 19.1. The van der Waals surface area contributed by atoms with Crippen LogP contribution in [0.4, 0.5) is 4.39 Å². The second kappa shape index (κ2) is 5.89. The molecule has 0 spiro atoms. The molecule has 1 atom stereocenters. The van der Waals surface area contributed by atoms with Crippen molar-refractivity contribution < 1.29 is 4.39 Å². The van der Waals surface area contributed by atoms with Crippen LogP contribution in [-0.4, -0.2) is 9.55 Å². The highest BCUT2D eigenvalue weighted by Gasteiger charge is 2.13. The normalized spacial score (nSPS) is 12.3. The maximum absolute atomic E-state index is 13.3. The quantitative estimate of drug-likeness (QED) is 0.798. The topological polar surface area (TPSA) is 43.8 Å². The van der Waals surface area contributed by atoms with Crippen LogP contribution in [0.15, 0.2) is 67.1 Å². The molecular formula is C17H16FN3. The monoisotopic (exact) mass is 281 g/mol. The summed E-state index contributed by atoms with van der Waals surface area (Å²) in [7, 11) is 0. The predicted molar refractivity (Wildman–Crippen MR) is 80.2 cm³/mol. The van der Waals surface area contributed by atoms with Crippen LogP contribution in [0.5, 0.6) is 0 Å². The van der Waals surface area contributed by atoms with E-state index in [1.807, 2.05) is 41.0 Å². The van der Waals surface area contributed by atoms with Crippen LogP contribution in [0.1, 0.15) is 22.9 Å². The van der Waals surface area contributed by atoms with Crippen molar-refractivity contribution in [2.24, 2.45) is 5.73 Å². The molecule has 0 bridgehead atoms. The fourth-order valence-electron chi connectivity index (χ4n) is 2.39. The van der Waals surface area contributed by atoms with E-state index in [-0.39, 0.29) is 11.9 Å². The standard InChI is InChI=1S/C17H16FN3/c18-15-8-4-5-13(9-15)11-21-12-20-10-16(21)17(19)14-6-2-1-3-7-14/h1-10,12,17H,11,19H2. The summed E-state index contributed by atoms with van der Waals surface area (Å²) in [6.07, 6.45) is 3.49.